The Morgan fingerprint density at radius 1 is 1.58 bits per heavy atom. The van der Waals surface area contributed by atoms with Gasteiger partial charge in [0.1, 0.15) is 5.75 Å². The first-order valence-electron chi connectivity index (χ1n) is 6.44. The van der Waals surface area contributed by atoms with Gasteiger partial charge in [-0.1, -0.05) is 0 Å². The van der Waals surface area contributed by atoms with E-state index in [9.17, 15) is 4.79 Å². The van der Waals surface area contributed by atoms with Gasteiger partial charge in [-0.05, 0) is 24.8 Å². The minimum Gasteiger partial charge on any atom is -0.492 e. The Balaban J connectivity index is 1.76. The molecule has 0 spiro atoms. The summed E-state index contributed by atoms with van der Waals surface area (Å²) >= 11 is 1.19. The summed E-state index contributed by atoms with van der Waals surface area (Å²) in [5.74, 6) is -0.446. The monoisotopic (exact) mass is 285 g/mol. The van der Waals surface area contributed by atoms with Gasteiger partial charge >= 0.3 is 5.97 Å². The van der Waals surface area contributed by atoms with Crippen molar-refractivity contribution in [1.82, 2.24) is 4.90 Å². The molecule has 6 heteroatoms. The molecule has 0 amide bonds. The van der Waals surface area contributed by atoms with Crippen molar-refractivity contribution in [3.05, 3.63) is 16.3 Å². The van der Waals surface area contributed by atoms with Gasteiger partial charge in [-0.25, -0.2) is 4.79 Å². The molecule has 1 aromatic rings. The predicted octanol–water partition coefficient (Wildman–Crippen LogP) is 1.94. The number of ether oxygens (including phenoxy) is 2. The lowest BCUT2D eigenvalue weighted by Gasteiger charge is -2.32. The summed E-state index contributed by atoms with van der Waals surface area (Å²) in [4.78, 5) is 13.6. The molecule has 106 valence electrons. The van der Waals surface area contributed by atoms with Crippen LogP contribution in [0.5, 0.6) is 5.75 Å². The topological polar surface area (TPSA) is 59.0 Å². The van der Waals surface area contributed by atoms with Crippen LogP contribution in [0.1, 0.15) is 23.0 Å². The van der Waals surface area contributed by atoms with Crippen molar-refractivity contribution in [1.29, 1.82) is 0 Å². The van der Waals surface area contributed by atoms with Crippen LogP contribution in [0.4, 0.5) is 0 Å². The van der Waals surface area contributed by atoms with Gasteiger partial charge in [0.2, 0.25) is 0 Å². The van der Waals surface area contributed by atoms with Gasteiger partial charge in [0, 0.05) is 19.1 Å². The van der Waals surface area contributed by atoms with Gasteiger partial charge < -0.3 is 14.6 Å². The highest BCUT2D eigenvalue weighted by Crippen LogP contribution is 2.25. The second-order valence-electron chi connectivity index (χ2n) is 4.55. The Morgan fingerprint density at radius 2 is 2.32 bits per heavy atom. The molecule has 1 unspecified atom stereocenters. The quantitative estimate of drug-likeness (QED) is 0.865. The van der Waals surface area contributed by atoms with E-state index >= 15 is 0 Å². The van der Waals surface area contributed by atoms with Gasteiger partial charge in [0.25, 0.3) is 0 Å². The third kappa shape index (κ3) is 3.92. The molecule has 0 saturated carbocycles. The van der Waals surface area contributed by atoms with Gasteiger partial charge in [0.15, 0.2) is 4.88 Å². The first-order chi connectivity index (χ1) is 9.18. The van der Waals surface area contributed by atoms with E-state index in [2.05, 4.69) is 11.8 Å². The molecule has 1 fully saturated rings. The summed E-state index contributed by atoms with van der Waals surface area (Å²) < 4.78 is 10.9. The maximum absolute atomic E-state index is 10.9. The number of carbonyl (C=O) groups is 1. The van der Waals surface area contributed by atoms with Crippen molar-refractivity contribution in [3.63, 3.8) is 0 Å². The van der Waals surface area contributed by atoms with Gasteiger partial charge in [0.05, 0.1) is 19.8 Å². The summed E-state index contributed by atoms with van der Waals surface area (Å²) in [5, 5.41) is 10.7. The van der Waals surface area contributed by atoms with Crippen LogP contribution >= 0.6 is 11.3 Å². The van der Waals surface area contributed by atoms with E-state index in [1.54, 1.807) is 11.4 Å². The number of hydrogen-bond donors (Lipinski definition) is 1. The van der Waals surface area contributed by atoms with Crippen LogP contribution in [0, 0.1) is 0 Å². The minimum absolute atomic E-state index is 0.277. The van der Waals surface area contributed by atoms with Crippen molar-refractivity contribution >= 4 is 17.3 Å². The number of rotatable bonds is 6. The second-order valence-corrected chi connectivity index (χ2v) is 5.47. The number of morpholine rings is 1. The molecule has 1 aromatic heterocycles. The van der Waals surface area contributed by atoms with Gasteiger partial charge in [-0.3, -0.25) is 4.90 Å². The molecule has 1 saturated heterocycles. The smallest absolute Gasteiger partial charge is 0.349 e. The maximum atomic E-state index is 10.9. The zero-order valence-corrected chi connectivity index (χ0v) is 11.8. The summed E-state index contributed by atoms with van der Waals surface area (Å²) in [6.07, 6.45) is 0.884. The Labute approximate surface area is 116 Å². The molecule has 5 nitrogen and oxygen atoms in total. The summed E-state index contributed by atoms with van der Waals surface area (Å²) in [7, 11) is 0. The van der Waals surface area contributed by atoms with Gasteiger partial charge in [-0.15, -0.1) is 11.3 Å². The summed E-state index contributed by atoms with van der Waals surface area (Å²) in [6, 6.07) is 2.14. The lowest BCUT2D eigenvalue weighted by molar-refractivity contribution is 0.0161. The van der Waals surface area contributed by atoms with Crippen molar-refractivity contribution in [2.75, 3.05) is 32.9 Å². The van der Waals surface area contributed by atoms with E-state index in [-0.39, 0.29) is 4.88 Å². The average molecular weight is 285 g/mol. The van der Waals surface area contributed by atoms with Crippen LogP contribution in [0.25, 0.3) is 0 Å². The second kappa shape index (κ2) is 6.88. The molecule has 1 atom stereocenters. The molecule has 2 rings (SSSR count). The minimum atomic E-state index is -0.925. The molecular weight excluding hydrogens is 266 g/mol. The molecule has 1 aliphatic rings. The molecule has 1 N–H and O–H groups in total. The molecule has 0 aliphatic carbocycles. The number of carboxylic acid groups (broad SMARTS) is 1. The molecule has 0 bridgehead atoms. The first kappa shape index (κ1) is 14.3. The fraction of sp³-hybridized carbons (Fsp3) is 0.615. The van der Waals surface area contributed by atoms with E-state index in [1.807, 2.05) is 0 Å². The van der Waals surface area contributed by atoms with Crippen LogP contribution < -0.4 is 4.74 Å². The van der Waals surface area contributed by atoms with E-state index in [1.165, 1.54) is 11.3 Å². The molecule has 0 radical (unpaired) electrons. The molecular formula is C13H19NO4S. The SMILES string of the molecule is CC(CCOc1ccsc1C(=O)O)N1CCOCC1. The highest BCUT2D eigenvalue weighted by atomic mass is 32.1. The third-order valence-electron chi connectivity index (χ3n) is 3.29. The van der Waals surface area contributed by atoms with Gasteiger partial charge in [-0.2, -0.15) is 0 Å². The van der Waals surface area contributed by atoms with Crippen LogP contribution in [0.15, 0.2) is 11.4 Å². The summed E-state index contributed by atoms with van der Waals surface area (Å²) in [6.45, 7) is 6.20. The molecule has 0 aromatic carbocycles. The third-order valence-corrected chi connectivity index (χ3v) is 4.17. The van der Waals surface area contributed by atoms with Crippen molar-refractivity contribution in [2.24, 2.45) is 0 Å². The number of thiophene rings is 1. The van der Waals surface area contributed by atoms with Crippen LogP contribution in [-0.2, 0) is 4.74 Å². The van der Waals surface area contributed by atoms with Crippen molar-refractivity contribution in [3.8, 4) is 5.75 Å². The fourth-order valence-corrected chi connectivity index (χ4v) is 2.78. The highest BCUT2D eigenvalue weighted by molar-refractivity contribution is 7.12. The molecule has 2 heterocycles. The van der Waals surface area contributed by atoms with Crippen LogP contribution in [0.2, 0.25) is 0 Å². The Morgan fingerprint density at radius 3 is 3.00 bits per heavy atom. The van der Waals surface area contributed by atoms with Crippen LogP contribution in [-0.4, -0.2) is 54.9 Å². The lowest BCUT2D eigenvalue weighted by atomic mass is 10.2. The highest BCUT2D eigenvalue weighted by Gasteiger charge is 2.18. The van der Waals surface area contributed by atoms with Crippen molar-refractivity contribution < 1.29 is 19.4 Å². The van der Waals surface area contributed by atoms with E-state index in [0.717, 1.165) is 32.7 Å². The average Bonchev–Trinajstić information content (AvgIpc) is 2.88. The number of hydrogen-bond acceptors (Lipinski definition) is 5. The number of nitrogens with zero attached hydrogens (tertiary/aromatic N) is 1. The van der Waals surface area contributed by atoms with E-state index < -0.39 is 5.97 Å². The Kier molecular flexibility index (Phi) is 5.18. The zero-order valence-electron chi connectivity index (χ0n) is 11.0. The molecule has 19 heavy (non-hydrogen) atoms. The molecule has 1 aliphatic heterocycles. The summed E-state index contributed by atoms with van der Waals surface area (Å²) in [5.41, 5.74) is 0. The Hall–Kier alpha value is -1.11. The largest absolute Gasteiger partial charge is 0.492 e. The van der Waals surface area contributed by atoms with Crippen LogP contribution in [0.3, 0.4) is 0 Å². The number of carboxylic acids is 1. The standard InChI is InChI=1S/C13H19NO4S/c1-10(14-4-7-17-8-5-14)2-6-18-11-3-9-19-12(11)13(15)16/h3,9-10H,2,4-8H2,1H3,(H,15,16). The van der Waals surface area contributed by atoms with E-state index in [0.29, 0.717) is 18.4 Å². The lowest BCUT2D eigenvalue weighted by Crippen LogP contribution is -2.42. The van der Waals surface area contributed by atoms with Crippen molar-refractivity contribution in [2.45, 2.75) is 19.4 Å². The maximum Gasteiger partial charge on any atom is 0.349 e. The normalized spacial score (nSPS) is 18.2. The predicted molar refractivity (Wildman–Crippen MR) is 73.2 cm³/mol. The Bertz CT molecular complexity index is 415. The zero-order chi connectivity index (χ0) is 13.7. The number of aromatic carboxylic acids is 1. The fourth-order valence-electron chi connectivity index (χ4n) is 2.11. The van der Waals surface area contributed by atoms with E-state index in [4.69, 9.17) is 14.6 Å². The first-order valence-corrected chi connectivity index (χ1v) is 7.32.